The van der Waals surface area contributed by atoms with E-state index in [1.807, 2.05) is 12.1 Å². The number of ether oxygens (including phenoxy) is 1. The van der Waals surface area contributed by atoms with E-state index in [2.05, 4.69) is 0 Å². The first-order valence-electron chi connectivity index (χ1n) is 6.03. The maximum absolute atomic E-state index is 11.5. The second-order valence-electron chi connectivity index (χ2n) is 4.75. The fourth-order valence-electron chi connectivity index (χ4n) is 3.07. The van der Waals surface area contributed by atoms with Crippen molar-refractivity contribution in [2.75, 3.05) is 6.61 Å². The smallest absolute Gasteiger partial charge is 0.348 e. The summed E-state index contributed by atoms with van der Waals surface area (Å²) in [4.78, 5) is 11.5. The van der Waals surface area contributed by atoms with Crippen LogP contribution in [-0.4, -0.2) is 12.6 Å². The van der Waals surface area contributed by atoms with Crippen LogP contribution < -0.4 is 0 Å². The predicted molar refractivity (Wildman–Crippen MR) is 59.3 cm³/mol. The molecule has 0 radical (unpaired) electrons. The van der Waals surface area contributed by atoms with E-state index in [0.29, 0.717) is 18.4 Å². The summed E-state index contributed by atoms with van der Waals surface area (Å²) in [6.07, 6.45) is 6.86. The van der Waals surface area contributed by atoms with Gasteiger partial charge in [-0.15, -0.1) is 0 Å². The maximum Gasteiger partial charge on any atom is 0.348 e. The number of allylic oxidation sites excluding steroid dienone is 1. The molecule has 0 spiro atoms. The Hall–Kier alpha value is -1.30. The topological polar surface area (TPSA) is 50.1 Å². The highest BCUT2D eigenvalue weighted by atomic mass is 16.5. The van der Waals surface area contributed by atoms with Gasteiger partial charge in [0.25, 0.3) is 0 Å². The SMILES string of the molecule is CCOC(=O)/C(C#N)=C/C1CC2CCC1C2. The molecule has 3 nitrogen and oxygen atoms in total. The van der Waals surface area contributed by atoms with Crippen molar-refractivity contribution in [3.8, 4) is 6.07 Å². The Labute approximate surface area is 96.1 Å². The van der Waals surface area contributed by atoms with Gasteiger partial charge in [0.2, 0.25) is 0 Å². The molecule has 2 fully saturated rings. The molecule has 0 amide bonds. The average molecular weight is 219 g/mol. The Morgan fingerprint density at radius 2 is 2.31 bits per heavy atom. The molecule has 2 bridgehead atoms. The molecule has 3 heteroatoms. The molecule has 2 saturated carbocycles. The van der Waals surface area contributed by atoms with Crippen LogP contribution >= 0.6 is 0 Å². The Morgan fingerprint density at radius 1 is 1.50 bits per heavy atom. The van der Waals surface area contributed by atoms with E-state index < -0.39 is 5.97 Å². The van der Waals surface area contributed by atoms with Crippen molar-refractivity contribution in [2.45, 2.75) is 32.6 Å². The predicted octanol–water partition coefficient (Wildman–Crippen LogP) is 2.44. The van der Waals surface area contributed by atoms with E-state index in [-0.39, 0.29) is 5.57 Å². The Bertz CT molecular complexity index is 353. The monoisotopic (exact) mass is 219 g/mol. The van der Waals surface area contributed by atoms with Gasteiger partial charge in [-0.25, -0.2) is 4.79 Å². The van der Waals surface area contributed by atoms with Crippen molar-refractivity contribution in [2.24, 2.45) is 17.8 Å². The van der Waals surface area contributed by atoms with Crippen LogP contribution in [0.25, 0.3) is 0 Å². The zero-order valence-electron chi connectivity index (χ0n) is 9.61. The van der Waals surface area contributed by atoms with Crippen molar-refractivity contribution in [3.05, 3.63) is 11.6 Å². The van der Waals surface area contributed by atoms with Crippen molar-refractivity contribution < 1.29 is 9.53 Å². The van der Waals surface area contributed by atoms with Crippen LogP contribution in [0.1, 0.15) is 32.6 Å². The van der Waals surface area contributed by atoms with Crippen LogP contribution in [0.15, 0.2) is 11.6 Å². The molecular formula is C13H17NO2. The van der Waals surface area contributed by atoms with E-state index in [0.717, 1.165) is 12.3 Å². The molecule has 0 N–H and O–H groups in total. The van der Waals surface area contributed by atoms with Crippen molar-refractivity contribution in [1.29, 1.82) is 5.26 Å². The molecule has 0 aromatic carbocycles. The lowest BCUT2D eigenvalue weighted by Crippen LogP contribution is -2.12. The molecule has 0 aliphatic heterocycles. The number of nitrogens with zero attached hydrogens (tertiary/aromatic N) is 1. The van der Waals surface area contributed by atoms with Gasteiger partial charge < -0.3 is 4.74 Å². The van der Waals surface area contributed by atoms with Crippen molar-refractivity contribution in [3.63, 3.8) is 0 Å². The summed E-state index contributed by atoms with van der Waals surface area (Å²) >= 11 is 0. The quantitative estimate of drug-likeness (QED) is 0.416. The van der Waals surface area contributed by atoms with E-state index in [9.17, 15) is 4.79 Å². The van der Waals surface area contributed by atoms with Crippen LogP contribution in [-0.2, 0) is 9.53 Å². The molecule has 0 aromatic rings. The maximum atomic E-state index is 11.5. The van der Waals surface area contributed by atoms with Gasteiger partial charge in [-0.3, -0.25) is 0 Å². The van der Waals surface area contributed by atoms with Gasteiger partial charge in [-0.1, -0.05) is 12.5 Å². The number of nitriles is 1. The number of rotatable bonds is 3. The van der Waals surface area contributed by atoms with Crippen LogP contribution in [0.4, 0.5) is 0 Å². The third-order valence-corrected chi connectivity index (χ3v) is 3.79. The first kappa shape index (κ1) is 11.2. The van der Waals surface area contributed by atoms with Gasteiger partial charge in [0.05, 0.1) is 6.61 Å². The third-order valence-electron chi connectivity index (χ3n) is 3.79. The summed E-state index contributed by atoms with van der Waals surface area (Å²) in [5.74, 6) is 1.49. The molecule has 0 saturated heterocycles. The van der Waals surface area contributed by atoms with Crippen molar-refractivity contribution in [1.82, 2.24) is 0 Å². The molecule has 0 heterocycles. The summed E-state index contributed by atoms with van der Waals surface area (Å²) in [7, 11) is 0. The molecular weight excluding hydrogens is 202 g/mol. The number of esters is 1. The Balaban J connectivity index is 2.04. The highest BCUT2D eigenvalue weighted by Gasteiger charge is 2.38. The Morgan fingerprint density at radius 3 is 2.81 bits per heavy atom. The highest BCUT2D eigenvalue weighted by Crippen LogP contribution is 2.49. The number of hydrogen-bond acceptors (Lipinski definition) is 3. The first-order chi connectivity index (χ1) is 7.74. The minimum absolute atomic E-state index is 0.194. The van der Waals surface area contributed by atoms with E-state index >= 15 is 0 Å². The molecule has 86 valence electrons. The number of fused-ring (bicyclic) bond motifs is 2. The molecule has 3 unspecified atom stereocenters. The van der Waals surface area contributed by atoms with Gasteiger partial charge in [0.1, 0.15) is 11.6 Å². The van der Waals surface area contributed by atoms with Gasteiger partial charge in [-0.05, 0) is 43.9 Å². The van der Waals surface area contributed by atoms with Crippen LogP contribution in [0.3, 0.4) is 0 Å². The van der Waals surface area contributed by atoms with Gasteiger partial charge in [-0.2, -0.15) is 5.26 Å². The normalized spacial score (nSPS) is 32.5. The van der Waals surface area contributed by atoms with E-state index in [1.165, 1.54) is 19.3 Å². The third kappa shape index (κ3) is 2.11. The lowest BCUT2D eigenvalue weighted by atomic mass is 9.87. The average Bonchev–Trinajstić information content (AvgIpc) is 2.87. The standard InChI is InChI=1S/C13H17NO2/c1-2-16-13(15)12(8-14)7-11-6-9-3-4-10(11)5-9/h7,9-11H,2-6H2,1H3/b12-7+. The largest absolute Gasteiger partial charge is 0.462 e. The van der Waals surface area contributed by atoms with Gasteiger partial charge in [0.15, 0.2) is 0 Å². The lowest BCUT2D eigenvalue weighted by molar-refractivity contribution is -0.138. The summed E-state index contributed by atoms with van der Waals surface area (Å²) in [5, 5.41) is 8.93. The number of carbonyl (C=O) groups is 1. The van der Waals surface area contributed by atoms with Gasteiger partial charge in [0, 0.05) is 0 Å². The van der Waals surface area contributed by atoms with Crippen LogP contribution in [0.5, 0.6) is 0 Å². The van der Waals surface area contributed by atoms with E-state index in [1.54, 1.807) is 6.92 Å². The number of carbonyl (C=O) groups excluding carboxylic acids is 1. The minimum atomic E-state index is -0.465. The minimum Gasteiger partial charge on any atom is -0.462 e. The molecule has 2 aliphatic carbocycles. The zero-order chi connectivity index (χ0) is 11.5. The second kappa shape index (κ2) is 4.69. The molecule has 3 atom stereocenters. The second-order valence-corrected chi connectivity index (χ2v) is 4.75. The molecule has 16 heavy (non-hydrogen) atoms. The summed E-state index contributed by atoms with van der Waals surface area (Å²) in [6.45, 7) is 2.08. The molecule has 2 aliphatic rings. The fourth-order valence-corrected chi connectivity index (χ4v) is 3.07. The summed E-state index contributed by atoms with van der Waals surface area (Å²) < 4.78 is 4.86. The summed E-state index contributed by atoms with van der Waals surface area (Å²) in [5.41, 5.74) is 0.194. The summed E-state index contributed by atoms with van der Waals surface area (Å²) in [6, 6.07) is 1.96. The lowest BCUT2D eigenvalue weighted by Gasteiger charge is -2.17. The first-order valence-corrected chi connectivity index (χ1v) is 6.03. The molecule has 2 rings (SSSR count). The van der Waals surface area contributed by atoms with Crippen LogP contribution in [0, 0.1) is 29.1 Å². The van der Waals surface area contributed by atoms with Gasteiger partial charge >= 0.3 is 5.97 Å². The molecule has 0 aromatic heterocycles. The number of hydrogen-bond donors (Lipinski definition) is 0. The van der Waals surface area contributed by atoms with Crippen molar-refractivity contribution >= 4 is 5.97 Å². The van der Waals surface area contributed by atoms with Crippen LogP contribution in [0.2, 0.25) is 0 Å². The fraction of sp³-hybridized carbons (Fsp3) is 0.692. The van der Waals surface area contributed by atoms with E-state index in [4.69, 9.17) is 10.00 Å². The zero-order valence-corrected chi connectivity index (χ0v) is 9.61. The Kier molecular flexibility index (Phi) is 3.28. The highest BCUT2D eigenvalue weighted by molar-refractivity contribution is 5.92.